The molecular formula is C117H78N12. The van der Waals surface area contributed by atoms with Gasteiger partial charge in [-0.2, -0.15) is 0 Å². The second-order valence-corrected chi connectivity index (χ2v) is 31.6. The van der Waals surface area contributed by atoms with Gasteiger partial charge in [-0.1, -0.05) is 394 Å². The Morgan fingerprint density at radius 3 is 0.581 bits per heavy atom. The number of benzene rings is 18. The molecule has 12 nitrogen and oxygen atoms in total. The van der Waals surface area contributed by atoms with Gasteiger partial charge in [0.15, 0.2) is 52.4 Å². The molecule has 18 aromatic carbocycles. The maximum atomic E-state index is 4.89. The molecule has 12 heteroatoms. The van der Waals surface area contributed by atoms with Crippen LogP contribution in [0.3, 0.4) is 0 Å². The number of hydrogen-bond donors (Lipinski definition) is 0. The first-order valence-electron chi connectivity index (χ1n) is 43.1. The molecule has 129 heavy (non-hydrogen) atoms. The number of aromatic nitrogens is 12. The summed E-state index contributed by atoms with van der Waals surface area (Å²) < 4.78 is 7.03. The zero-order valence-corrected chi connectivity index (χ0v) is 69.9. The molecule has 6 aromatic heterocycles. The number of nitrogens with zero attached hydrogens (tertiary/aromatic N) is 12. The third kappa shape index (κ3) is 15.6. The smallest absolute Gasteiger partial charge is 0.164 e. The van der Waals surface area contributed by atoms with Crippen LogP contribution in [0.1, 0.15) is 0 Å². The van der Waals surface area contributed by atoms with Crippen molar-refractivity contribution in [2.24, 2.45) is 0 Å². The molecule has 0 radical (unpaired) electrons. The fourth-order valence-electron chi connectivity index (χ4n) is 17.3. The van der Waals surface area contributed by atoms with Gasteiger partial charge in [0.05, 0.1) is 33.1 Å². The molecule has 0 saturated heterocycles. The van der Waals surface area contributed by atoms with Gasteiger partial charge in [-0.05, 0) is 112 Å². The van der Waals surface area contributed by atoms with Crippen molar-refractivity contribution >= 4 is 65.4 Å². The van der Waals surface area contributed by atoms with Gasteiger partial charge in [0.25, 0.3) is 0 Å². The summed E-state index contributed by atoms with van der Waals surface area (Å²) in [6.07, 6.45) is 0. The Morgan fingerprint density at radius 1 is 0.109 bits per heavy atom. The second kappa shape index (κ2) is 34.6. The predicted octanol–water partition coefficient (Wildman–Crippen LogP) is 28.9. The first-order valence-corrected chi connectivity index (χ1v) is 43.1. The van der Waals surface area contributed by atoms with Crippen LogP contribution < -0.4 is 0 Å². The molecule has 0 atom stereocenters. The number of hydrogen-bond acceptors (Lipinski definition) is 9. The lowest BCUT2D eigenvalue weighted by Gasteiger charge is -2.10. The summed E-state index contributed by atoms with van der Waals surface area (Å²) in [4.78, 5) is 43.7. The zero-order chi connectivity index (χ0) is 85.8. The lowest BCUT2D eigenvalue weighted by molar-refractivity contribution is 1.07. The van der Waals surface area contributed by atoms with Crippen LogP contribution in [0.4, 0.5) is 0 Å². The summed E-state index contributed by atoms with van der Waals surface area (Å²) in [5, 5.41) is 7.50. The highest BCUT2D eigenvalue weighted by molar-refractivity contribution is 6.12. The van der Waals surface area contributed by atoms with Crippen LogP contribution in [0.5, 0.6) is 0 Å². The summed E-state index contributed by atoms with van der Waals surface area (Å²) in [7, 11) is 0. The van der Waals surface area contributed by atoms with Crippen LogP contribution in [0.25, 0.3) is 218 Å². The van der Waals surface area contributed by atoms with Crippen LogP contribution >= 0.6 is 0 Å². The molecule has 24 aromatic rings. The van der Waals surface area contributed by atoms with Gasteiger partial charge < -0.3 is 13.7 Å². The van der Waals surface area contributed by atoms with Gasteiger partial charge in [-0.25, -0.2) is 44.9 Å². The van der Waals surface area contributed by atoms with Crippen molar-refractivity contribution in [3.05, 3.63) is 473 Å². The maximum absolute atomic E-state index is 4.89. The third-order valence-corrected chi connectivity index (χ3v) is 23.6. The Balaban J connectivity index is 0.000000114. The third-order valence-electron chi connectivity index (χ3n) is 23.6. The van der Waals surface area contributed by atoms with E-state index in [4.69, 9.17) is 44.9 Å². The monoisotopic (exact) mass is 1650 g/mol. The maximum Gasteiger partial charge on any atom is 0.164 e. The van der Waals surface area contributed by atoms with Crippen molar-refractivity contribution in [2.75, 3.05) is 0 Å². The zero-order valence-electron chi connectivity index (χ0n) is 69.9. The van der Waals surface area contributed by atoms with Crippen LogP contribution in [0.2, 0.25) is 0 Å². The van der Waals surface area contributed by atoms with Crippen LogP contribution in [0.15, 0.2) is 473 Å². The van der Waals surface area contributed by atoms with E-state index in [0.717, 1.165) is 95.0 Å². The molecule has 0 aliphatic rings. The Kier molecular flexibility index (Phi) is 20.8. The van der Waals surface area contributed by atoms with Crippen molar-refractivity contribution in [2.45, 2.75) is 0 Å². The molecule has 0 fully saturated rings. The molecule has 0 aliphatic heterocycles. The van der Waals surface area contributed by atoms with Crippen LogP contribution in [0, 0.1) is 0 Å². The first kappa shape index (κ1) is 77.4. The Bertz CT molecular complexity index is 7910. The second-order valence-electron chi connectivity index (χ2n) is 31.6. The molecule has 0 amide bonds. The lowest BCUT2D eigenvalue weighted by atomic mass is 10.0. The molecule has 0 spiro atoms. The minimum absolute atomic E-state index is 0.652. The molecule has 0 bridgehead atoms. The quantitative estimate of drug-likeness (QED) is 0.0984. The van der Waals surface area contributed by atoms with E-state index in [1.807, 2.05) is 182 Å². The lowest BCUT2D eigenvalue weighted by Crippen LogP contribution is -2.00. The van der Waals surface area contributed by atoms with E-state index in [0.29, 0.717) is 52.4 Å². The molecule has 24 rings (SSSR count). The van der Waals surface area contributed by atoms with Crippen molar-refractivity contribution in [1.29, 1.82) is 0 Å². The Hall–Kier alpha value is -17.6. The Morgan fingerprint density at radius 2 is 0.287 bits per heavy atom. The number of para-hydroxylation sites is 6. The fraction of sp³-hybridized carbons (Fsp3) is 0. The average molecular weight is 1650 g/mol. The molecule has 0 saturated carbocycles. The summed E-state index contributed by atoms with van der Waals surface area (Å²) in [6, 6.07) is 164. The van der Waals surface area contributed by atoms with Crippen molar-refractivity contribution in [3.8, 4) is 153 Å². The Labute approximate surface area is 745 Å². The largest absolute Gasteiger partial charge is 0.309 e. The van der Waals surface area contributed by atoms with Gasteiger partial charge in [0.1, 0.15) is 0 Å². The van der Waals surface area contributed by atoms with E-state index < -0.39 is 0 Å². The average Bonchev–Trinajstić information content (AvgIpc) is 1.60. The fourth-order valence-corrected chi connectivity index (χ4v) is 17.3. The van der Waals surface area contributed by atoms with Gasteiger partial charge in [0, 0.05) is 99.5 Å². The highest BCUT2D eigenvalue weighted by Crippen LogP contribution is 2.41. The number of rotatable bonds is 15. The van der Waals surface area contributed by atoms with Gasteiger partial charge >= 0.3 is 0 Å². The summed E-state index contributed by atoms with van der Waals surface area (Å²) in [5.74, 6) is 5.92. The molecule has 606 valence electrons. The van der Waals surface area contributed by atoms with Crippen LogP contribution in [-0.4, -0.2) is 58.6 Å². The minimum atomic E-state index is 0.652. The van der Waals surface area contributed by atoms with E-state index in [2.05, 4.69) is 305 Å². The van der Waals surface area contributed by atoms with Crippen molar-refractivity contribution < 1.29 is 0 Å². The minimum Gasteiger partial charge on any atom is -0.309 e. The topological polar surface area (TPSA) is 131 Å². The van der Waals surface area contributed by atoms with Gasteiger partial charge in [-0.3, -0.25) is 0 Å². The highest BCUT2D eigenvalue weighted by atomic mass is 15.1. The van der Waals surface area contributed by atoms with E-state index in [9.17, 15) is 0 Å². The molecule has 0 unspecified atom stereocenters. The summed E-state index contributed by atoms with van der Waals surface area (Å²) >= 11 is 0. The van der Waals surface area contributed by atoms with Crippen LogP contribution in [-0.2, 0) is 0 Å². The molecule has 6 heterocycles. The van der Waals surface area contributed by atoms with E-state index in [1.165, 1.54) is 71.0 Å². The summed E-state index contributed by atoms with van der Waals surface area (Å²) in [6.45, 7) is 0. The normalized spacial score (nSPS) is 11.3. The van der Waals surface area contributed by atoms with E-state index in [-0.39, 0.29) is 0 Å². The standard InChI is InChI=1S/3C39H26N4/c1-4-12-28(13-5-1)37-40-38(29-14-6-2-7-15-29)42-39(41-37)30-22-20-27(21-23-30)31-24-25-36-34(26-31)33-18-10-11-19-35(33)43(36)32-16-8-3-9-17-32;1-4-12-28(13-5-1)37-40-38(29-14-6-2-7-15-29)42-39(41-37)30-22-20-27(21-23-30)31-24-25-34-33-18-10-11-19-35(33)43(36(34)26-31)32-16-8-3-9-17-32;1-3-11-29(12-4-1)37-40-38(30-13-5-2-6-14-30)42-39(41-37)31-21-19-27(20-22-31)28-23-25-32(26-24-28)43-35-17-9-7-15-33(35)34-16-8-10-18-36(34)43/h3*1-26H. The predicted molar refractivity (Wildman–Crippen MR) is 528 cm³/mol. The number of fused-ring (bicyclic) bond motifs is 9. The van der Waals surface area contributed by atoms with Crippen molar-refractivity contribution in [3.63, 3.8) is 0 Å². The summed E-state index contributed by atoms with van der Waals surface area (Å²) in [5.41, 5.74) is 26.2. The van der Waals surface area contributed by atoms with Gasteiger partial charge in [0.2, 0.25) is 0 Å². The van der Waals surface area contributed by atoms with E-state index in [1.54, 1.807) is 0 Å². The highest BCUT2D eigenvalue weighted by Gasteiger charge is 2.21. The first-order chi connectivity index (χ1) is 63.9. The molecule has 0 N–H and O–H groups in total. The molecule has 0 aliphatic carbocycles. The van der Waals surface area contributed by atoms with E-state index >= 15 is 0 Å². The SMILES string of the molecule is c1ccc(-c2nc(-c3ccccc3)nc(-c3ccc(-c4ccc(-n5c6ccccc6c6ccccc65)cc4)cc3)n2)cc1.c1ccc(-c2nc(-c3ccccc3)nc(-c3ccc(-c4ccc5c(c4)c4ccccc4n5-c4ccccc4)cc3)n2)cc1.c1ccc(-c2nc(-c3ccccc3)nc(-c3ccc(-c4ccc5c6ccccc6n(-c6ccccc6)c5c4)cc3)n2)cc1. The van der Waals surface area contributed by atoms with Gasteiger partial charge in [-0.15, -0.1) is 0 Å². The molecular weight excluding hydrogens is 1570 g/mol. The van der Waals surface area contributed by atoms with Crippen molar-refractivity contribution in [1.82, 2.24) is 58.6 Å².